The molecule has 15 heteroatoms. The van der Waals surface area contributed by atoms with Crippen LogP contribution in [0.2, 0.25) is 0 Å². The minimum Gasteiger partial charge on any atom is -0.537 e. The molecule has 2 amide bonds. The van der Waals surface area contributed by atoms with Crippen LogP contribution in [-0.2, 0) is 58.4 Å². The Morgan fingerprint density at radius 1 is 0.552 bits per heavy atom. The van der Waals surface area contributed by atoms with Gasteiger partial charge in [-0.3, -0.25) is 0 Å². The summed E-state index contributed by atoms with van der Waals surface area (Å²) in [5.41, 5.74) is 0.329. The Morgan fingerprint density at radius 3 is 1.10 bits per heavy atom. The van der Waals surface area contributed by atoms with Crippen molar-refractivity contribution in [3.63, 3.8) is 0 Å². The predicted octanol–water partition coefficient (Wildman–Crippen LogP) is -1.88. The number of amides is 2. The Morgan fingerprint density at radius 2 is 0.828 bits per heavy atom. The van der Waals surface area contributed by atoms with E-state index in [1.165, 1.54) is 24.3 Å². The maximum atomic E-state index is 11.1. The molecule has 2 aromatic carbocycles. The van der Waals surface area contributed by atoms with Gasteiger partial charge < -0.3 is 40.9 Å². The number of carbonyl (C=O) groups excluding carboxylic acids is 2. The topological polar surface area (TPSA) is 263 Å². The second-order valence-corrected chi connectivity index (χ2v) is 7.88. The summed E-state index contributed by atoms with van der Waals surface area (Å²) in [6.07, 6.45) is 0. The van der Waals surface area contributed by atoms with Gasteiger partial charge in [-0.15, -0.1) is 0 Å². The van der Waals surface area contributed by atoms with E-state index in [2.05, 4.69) is 9.44 Å². The van der Waals surface area contributed by atoms with E-state index < -0.39 is 31.9 Å². The normalized spacial score (nSPS) is 15.3. The summed E-state index contributed by atoms with van der Waals surface area (Å²) in [6.45, 7) is 0. The van der Waals surface area contributed by atoms with Gasteiger partial charge >= 0.3 is 16.5 Å². The maximum Gasteiger partial charge on any atom is 2.00 e. The SMILES string of the molecule is O=C1[N-]S(=O)(=O)c2ccccc21.O=C1[N-]S(=O)(=O)c2ccccc21.[Ni+2].[OH3+].[OH3+].[OH3+].[OH3+]. The average Bonchev–Trinajstić information content (AvgIpc) is 2.91. The van der Waals surface area contributed by atoms with E-state index in [1.807, 2.05) is 0 Å². The molecule has 0 bridgehead atoms. The Kier molecular flexibility index (Phi) is 11.8. The van der Waals surface area contributed by atoms with Crippen LogP contribution in [0.25, 0.3) is 9.44 Å². The summed E-state index contributed by atoms with van der Waals surface area (Å²) in [5, 5.41) is 0. The first kappa shape index (κ1) is 31.3. The van der Waals surface area contributed by atoms with Gasteiger partial charge in [0.15, 0.2) is 0 Å². The van der Waals surface area contributed by atoms with Crippen molar-refractivity contribution in [2.75, 3.05) is 0 Å². The molecule has 0 radical (unpaired) electrons. The van der Waals surface area contributed by atoms with Crippen molar-refractivity contribution in [1.82, 2.24) is 0 Å². The van der Waals surface area contributed by atoms with Gasteiger partial charge in [0.25, 0.3) is 0 Å². The molecule has 4 rings (SSSR count). The Balaban J connectivity index is -0.000000398. The number of hydrogen-bond donors (Lipinski definition) is 0. The minimum atomic E-state index is -3.68. The number of carbonyl (C=O) groups is 2. The van der Waals surface area contributed by atoms with Crippen molar-refractivity contribution < 1.29 is 64.8 Å². The van der Waals surface area contributed by atoms with Gasteiger partial charge in [0.1, 0.15) is 20.0 Å². The van der Waals surface area contributed by atoms with Crippen molar-refractivity contribution in [2.24, 2.45) is 0 Å². The molecular formula is C14H20N2NiO10S2+4. The smallest absolute Gasteiger partial charge is 0.537 e. The van der Waals surface area contributed by atoms with Gasteiger partial charge in [0, 0.05) is 11.1 Å². The third kappa shape index (κ3) is 5.80. The largest absolute Gasteiger partial charge is 2.00 e. The second-order valence-electron chi connectivity index (χ2n) is 4.74. The monoisotopic (exact) mass is 498 g/mol. The zero-order chi connectivity index (χ0) is 17.5. The van der Waals surface area contributed by atoms with Crippen LogP contribution in [0.15, 0.2) is 58.3 Å². The Bertz CT molecular complexity index is 1000. The van der Waals surface area contributed by atoms with Gasteiger partial charge in [0.2, 0.25) is 0 Å². The molecule has 0 spiro atoms. The molecule has 0 aliphatic carbocycles. The number of hydrogen-bond acceptors (Lipinski definition) is 6. The van der Waals surface area contributed by atoms with E-state index in [9.17, 15) is 26.4 Å². The van der Waals surface area contributed by atoms with Gasteiger partial charge in [0.05, 0.1) is 21.6 Å². The number of rotatable bonds is 0. The summed E-state index contributed by atoms with van der Waals surface area (Å²) in [7, 11) is -7.36. The van der Waals surface area contributed by atoms with Crippen LogP contribution < -0.4 is 0 Å². The number of sulfonamides is 2. The second kappa shape index (κ2) is 11.0. The third-order valence-electron chi connectivity index (χ3n) is 3.20. The van der Waals surface area contributed by atoms with E-state index in [0.29, 0.717) is 0 Å². The molecule has 2 aliphatic rings. The molecule has 164 valence electrons. The van der Waals surface area contributed by atoms with Gasteiger partial charge in [-0.05, 0) is 12.1 Å². The summed E-state index contributed by atoms with van der Waals surface area (Å²) in [5.74, 6) is -1.35. The summed E-state index contributed by atoms with van der Waals surface area (Å²) in [4.78, 5) is 21.9. The standard InChI is InChI=1S/2C7H5NO3S.Ni.4H2O/c2*9-7-5-3-1-2-4-6(5)12(10,11)8-7;;;;;/h2*1-4H,(H,8,9);;4*1H2/q;;+2;;;;/p+2. The minimum absolute atomic E-state index is 0. The molecule has 0 atom stereocenters. The van der Waals surface area contributed by atoms with Crippen LogP contribution in [0.3, 0.4) is 0 Å². The van der Waals surface area contributed by atoms with Crippen LogP contribution >= 0.6 is 0 Å². The molecule has 0 aromatic heterocycles. The maximum absolute atomic E-state index is 11.1. The molecular weight excluding hydrogens is 479 g/mol. The zero-order valence-corrected chi connectivity index (χ0v) is 17.0. The van der Waals surface area contributed by atoms with Crippen LogP contribution in [0, 0.1) is 0 Å². The van der Waals surface area contributed by atoms with E-state index in [4.69, 9.17) is 0 Å². The van der Waals surface area contributed by atoms with Crippen molar-refractivity contribution in [1.29, 1.82) is 0 Å². The summed E-state index contributed by atoms with van der Waals surface area (Å²) < 4.78 is 50.3. The molecule has 12 N–H and O–H groups in total. The molecule has 12 nitrogen and oxygen atoms in total. The van der Waals surface area contributed by atoms with Crippen LogP contribution in [0.5, 0.6) is 0 Å². The van der Waals surface area contributed by atoms with Crippen LogP contribution in [-0.4, -0.2) is 28.6 Å². The van der Waals surface area contributed by atoms with E-state index in [1.54, 1.807) is 24.3 Å². The zero-order valence-electron chi connectivity index (χ0n) is 14.4. The van der Waals surface area contributed by atoms with E-state index in [0.717, 1.165) is 0 Å². The average molecular weight is 499 g/mol. The summed E-state index contributed by atoms with van der Waals surface area (Å²) >= 11 is 0. The van der Waals surface area contributed by atoms with E-state index >= 15 is 0 Å². The molecule has 29 heavy (non-hydrogen) atoms. The molecule has 2 aromatic rings. The fourth-order valence-corrected chi connectivity index (χ4v) is 4.35. The molecule has 0 fully saturated rings. The fraction of sp³-hybridized carbons (Fsp3) is 0. The van der Waals surface area contributed by atoms with Crippen molar-refractivity contribution in [2.45, 2.75) is 9.79 Å². The predicted molar refractivity (Wildman–Crippen MR) is 102 cm³/mol. The van der Waals surface area contributed by atoms with Crippen LogP contribution in [0.4, 0.5) is 0 Å². The number of nitrogens with zero attached hydrogens (tertiary/aromatic N) is 2. The first-order valence-electron chi connectivity index (χ1n) is 6.45. The number of benzene rings is 2. The molecule has 2 aliphatic heterocycles. The van der Waals surface area contributed by atoms with E-state index in [-0.39, 0.29) is 59.3 Å². The quantitative estimate of drug-likeness (QED) is 0.295. The molecule has 0 unspecified atom stereocenters. The molecule has 0 saturated carbocycles. The Hall–Kier alpha value is -2.39. The van der Waals surface area contributed by atoms with Crippen molar-refractivity contribution in [3.05, 3.63) is 69.1 Å². The first-order chi connectivity index (χ1) is 11.2. The molecule has 0 saturated heterocycles. The summed E-state index contributed by atoms with van der Waals surface area (Å²) in [6, 6.07) is 12.0. The third-order valence-corrected chi connectivity index (χ3v) is 5.83. The van der Waals surface area contributed by atoms with Crippen molar-refractivity contribution in [3.8, 4) is 0 Å². The van der Waals surface area contributed by atoms with Crippen LogP contribution in [0.1, 0.15) is 20.7 Å². The fourth-order valence-electron chi connectivity index (χ4n) is 2.15. The Labute approximate surface area is 175 Å². The number of fused-ring (bicyclic) bond motifs is 2. The van der Waals surface area contributed by atoms with Gasteiger partial charge in [-0.25, -0.2) is 16.8 Å². The van der Waals surface area contributed by atoms with Gasteiger partial charge in [-0.1, -0.05) is 36.4 Å². The molecule has 2 heterocycles. The first-order valence-corrected chi connectivity index (χ1v) is 9.33. The van der Waals surface area contributed by atoms with Crippen molar-refractivity contribution >= 4 is 31.9 Å². The van der Waals surface area contributed by atoms with Gasteiger partial charge in [-0.2, -0.15) is 0 Å².